The van der Waals surface area contributed by atoms with Gasteiger partial charge in [0.2, 0.25) is 0 Å². The Morgan fingerprint density at radius 3 is 2.54 bits per heavy atom. The lowest BCUT2D eigenvalue weighted by atomic mass is 10.4. The molecule has 0 saturated carbocycles. The molecule has 3 nitrogen and oxygen atoms in total. The minimum absolute atomic E-state index is 0.610. The van der Waals surface area contributed by atoms with Crippen molar-refractivity contribution in [1.82, 2.24) is 0 Å². The van der Waals surface area contributed by atoms with Gasteiger partial charge in [0.1, 0.15) is 0 Å². The minimum Gasteiger partial charge on any atom is -0.331 e. The van der Waals surface area contributed by atoms with Crippen LogP contribution in [0.25, 0.3) is 0 Å². The van der Waals surface area contributed by atoms with Crippen LogP contribution in [0.4, 0.5) is 0 Å². The molecule has 0 aliphatic carbocycles. The molecule has 0 heterocycles. The largest absolute Gasteiger partial charge is 0.331 e. The Hall–Kier alpha value is -0.920. The second kappa shape index (κ2) is 6.58. The van der Waals surface area contributed by atoms with Gasteiger partial charge in [0.15, 0.2) is 0 Å². The predicted molar refractivity (Wildman–Crippen MR) is 57.3 cm³/mol. The molecule has 0 spiro atoms. The molecule has 0 aliphatic rings. The van der Waals surface area contributed by atoms with E-state index in [1.165, 1.54) is 0 Å². The molecule has 0 saturated heterocycles. The molecule has 3 heteroatoms. The van der Waals surface area contributed by atoms with Crippen molar-refractivity contribution in [2.45, 2.75) is 6.42 Å². The van der Waals surface area contributed by atoms with Gasteiger partial charge in [0, 0.05) is 6.42 Å². The molecule has 0 radical (unpaired) electrons. The zero-order valence-electron chi connectivity index (χ0n) is 8.95. The Morgan fingerprint density at radius 2 is 2.00 bits per heavy atom. The Labute approximate surface area is 81.1 Å². The molecule has 0 aliphatic heterocycles. The quantitative estimate of drug-likeness (QED) is 0.257. The molecule has 0 rings (SSSR count). The highest BCUT2D eigenvalue weighted by Gasteiger charge is 2.04. The van der Waals surface area contributed by atoms with Crippen LogP contribution in [0.3, 0.4) is 0 Å². The number of aliphatic imine (C=N–C) groups is 2. The number of quaternary nitrogens is 1. The van der Waals surface area contributed by atoms with Gasteiger partial charge in [-0.25, -0.2) is 9.98 Å². The van der Waals surface area contributed by atoms with Gasteiger partial charge < -0.3 is 4.48 Å². The van der Waals surface area contributed by atoms with Crippen molar-refractivity contribution in [3.8, 4) is 0 Å². The van der Waals surface area contributed by atoms with Crippen molar-refractivity contribution in [1.29, 1.82) is 0 Å². The molecule has 13 heavy (non-hydrogen) atoms. The molecule has 0 N–H and O–H groups in total. The Kier molecular flexibility index (Phi) is 6.11. The fourth-order valence-electron chi connectivity index (χ4n) is 0.829. The first-order chi connectivity index (χ1) is 6.06. The third-order valence-electron chi connectivity index (χ3n) is 1.46. The lowest BCUT2D eigenvalue weighted by molar-refractivity contribution is -0.870. The van der Waals surface area contributed by atoms with Gasteiger partial charge in [0.25, 0.3) is 0 Å². The summed E-state index contributed by atoms with van der Waals surface area (Å²) in [6.07, 6.45) is 2.81. The molecule has 0 aromatic rings. The van der Waals surface area contributed by atoms with Crippen LogP contribution >= 0.6 is 0 Å². The molecule has 0 unspecified atom stereocenters. The van der Waals surface area contributed by atoms with E-state index in [1.54, 1.807) is 6.08 Å². The van der Waals surface area contributed by atoms with Crippen LogP contribution in [0.2, 0.25) is 0 Å². The van der Waals surface area contributed by atoms with Crippen molar-refractivity contribution in [2.24, 2.45) is 9.98 Å². The molecule has 0 aromatic heterocycles. The van der Waals surface area contributed by atoms with E-state index in [4.69, 9.17) is 0 Å². The molecular formula is C10H20N3+. The van der Waals surface area contributed by atoms with Gasteiger partial charge in [-0.2, -0.15) is 0 Å². The fraction of sp³-hybridized carbons (Fsp3) is 0.700. The van der Waals surface area contributed by atoms with Gasteiger partial charge >= 0.3 is 0 Å². The molecular weight excluding hydrogens is 162 g/mol. The van der Waals surface area contributed by atoms with E-state index in [9.17, 15) is 0 Å². The normalized spacial score (nSPS) is 10.4. The summed E-state index contributed by atoms with van der Waals surface area (Å²) in [4.78, 5) is 7.92. The van der Waals surface area contributed by atoms with E-state index in [0.717, 1.165) is 24.0 Å². The van der Waals surface area contributed by atoms with Crippen LogP contribution < -0.4 is 0 Å². The van der Waals surface area contributed by atoms with E-state index in [-0.39, 0.29) is 0 Å². The second-order valence-corrected chi connectivity index (χ2v) is 3.98. The highest BCUT2D eigenvalue weighted by atomic mass is 15.3. The molecule has 0 amide bonds. The van der Waals surface area contributed by atoms with Crippen molar-refractivity contribution in [2.75, 3.05) is 40.8 Å². The Morgan fingerprint density at radius 1 is 1.31 bits per heavy atom. The molecule has 74 valence electrons. The lowest BCUT2D eigenvalue weighted by Crippen LogP contribution is -2.35. The lowest BCUT2D eigenvalue weighted by Gasteiger charge is -2.22. The Bertz CT molecular complexity index is 195. The van der Waals surface area contributed by atoms with E-state index in [1.807, 2.05) is 0 Å². The van der Waals surface area contributed by atoms with Crippen LogP contribution in [-0.2, 0) is 0 Å². The third-order valence-corrected chi connectivity index (χ3v) is 1.46. The predicted octanol–water partition coefficient (Wildman–Crippen LogP) is 1.44. The van der Waals surface area contributed by atoms with Gasteiger partial charge in [-0.3, -0.25) is 0 Å². The molecule has 0 aromatic carbocycles. The van der Waals surface area contributed by atoms with Crippen LogP contribution in [0, 0.1) is 0 Å². The van der Waals surface area contributed by atoms with Crippen molar-refractivity contribution < 1.29 is 4.48 Å². The van der Waals surface area contributed by atoms with E-state index >= 15 is 0 Å². The first-order valence-corrected chi connectivity index (χ1v) is 4.55. The number of nitrogens with zero attached hydrogens (tertiary/aromatic N) is 3. The summed E-state index contributed by atoms with van der Waals surface area (Å²) in [5, 5.41) is 0. The average molecular weight is 182 g/mol. The van der Waals surface area contributed by atoms with E-state index in [0.29, 0.717) is 6.54 Å². The van der Waals surface area contributed by atoms with Crippen LogP contribution in [-0.4, -0.2) is 51.3 Å². The van der Waals surface area contributed by atoms with Gasteiger partial charge in [-0.05, 0) is 0 Å². The molecule has 0 atom stereocenters. The summed E-state index contributed by atoms with van der Waals surface area (Å²) in [6, 6.07) is 2.64. The SMILES string of the molecule is C=CCN=C=NCCC[N+](C)(C)C. The smallest absolute Gasteiger partial charge is 0.0895 e. The summed E-state index contributed by atoms with van der Waals surface area (Å²) in [5.74, 6) is 0. The summed E-state index contributed by atoms with van der Waals surface area (Å²) in [5.41, 5.74) is 0. The van der Waals surface area contributed by atoms with E-state index < -0.39 is 0 Å². The van der Waals surface area contributed by atoms with E-state index in [2.05, 4.69) is 43.7 Å². The van der Waals surface area contributed by atoms with Crippen LogP contribution in [0.5, 0.6) is 0 Å². The maximum absolute atomic E-state index is 4.04. The standard InChI is InChI=1S/C10H20N3/c1-5-7-11-10-12-8-6-9-13(2,3)4/h5H,1,6-9H2,2-4H3/q+1. The van der Waals surface area contributed by atoms with Crippen LogP contribution in [0.1, 0.15) is 6.42 Å². The summed E-state index contributed by atoms with van der Waals surface area (Å²) < 4.78 is 0.985. The molecule has 0 fully saturated rings. The molecule has 0 bridgehead atoms. The average Bonchev–Trinajstić information content (AvgIpc) is 2.01. The first-order valence-electron chi connectivity index (χ1n) is 4.55. The van der Waals surface area contributed by atoms with Gasteiger partial charge in [0.05, 0.1) is 46.8 Å². The highest BCUT2D eigenvalue weighted by Crippen LogP contribution is 1.92. The summed E-state index contributed by atoms with van der Waals surface area (Å²) in [6.45, 7) is 6.11. The maximum Gasteiger partial charge on any atom is 0.0895 e. The fourth-order valence-corrected chi connectivity index (χ4v) is 0.829. The topological polar surface area (TPSA) is 24.7 Å². The minimum atomic E-state index is 0.610. The second-order valence-electron chi connectivity index (χ2n) is 3.98. The Balaban J connectivity index is 3.45. The number of hydrogen-bond donors (Lipinski definition) is 0. The maximum atomic E-state index is 4.04. The number of rotatable bonds is 6. The number of hydrogen-bond acceptors (Lipinski definition) is 2. The van der Waals surface area contributed by atoms with Gasteiger partial charge in [-0.15, -0.1) is 6.58 Å². The van der Waals surface area contributed by atoms with Crippen molar-refractivity contribution in [3.05, 3.63) is 12.7 Å². The van der Waals surface area contributed by atoms with Crippen molar-refractivity contribution in [3.63, 3.8) is 0 Å². The van der Waals surface area contributed by atoms with Crippen LogP contribution in [0.15, 0.2) is 22.6 Å². The zero-order valence-corrected chi connectivity index (χ0v) is 8.95. The van der Waals surface area contributed by atoms with Gasteiger partial charge in [-0.1, -0.05) is 6.08 Å². The van der Waals surface area contributed by atoms with Crippen molar-refractivity contribution >= 4 is 6.01 Å². The third kappa shape index (κ3) is 11.1. The highest BCUT2D eigenvalue weighted by molar-refractivity contribution is 5.41. The monoisotopic (exact) mass is 182 g/mol. The first kappa shape index (κ1) is 12.1. The summed E-state index contributed by atoms with van der Waals surface area (Å²) in [7, 11) is 6.53. The zero-order chi connectivity index (χ0) is 10.2. The summed E-state index contributed by atoms with van der Waals surface area (Å²) >= 11 is 0.